The van der Waals surface area contributed by atoms with Gasteiger partial charge in [0.1, 0.15) is 25.9 Å². The third-order valence-electron chi connectivity index (χ3n) is 6.73. The summed E-state index contributed by atoms with van der Waals surface area (Å²) in [6.07, 6.45) is 4.81. The summed E-state index contributed by atoms with van der Waals surface area (Å²) < 4.78 is 7.85. The van der Waals surface area contributed by atoms with Gasteiger partial charge in [0.15, 0.2) is 0 Å². The van der Waals surface area contributed by atoms with Crippen molar-refractivity contribution in [2.24, 2.45) is 0 Å². The minimum atomic E-state index is -2.27. The van der Waals surface area contributed by atoms with Gasteiger partial charge in [0, 0.05) is 6.42 Å². The molecule has 146 valence electrons. The molecule has 0 aromatic carbocycles. The topological polar surface area (TPSA) is 123 Å². The Morgan fingerprint density at radius 1 is 1.38 bits per heavy atom. The first-order valence-electron chi connectivity index (χ1n) is 9.62. The number of anilines is 1. The number of rotatable bonds is 6. The number of hydrogen-bond acceptors (Lipinski definition) is 7. The van der Waals surface area contributed by atoms with Crippen molar-refractivity contribution in [3.05, 3.63) is 16.8 Å². The number of nitrogens with zero attached hydrogens (tertiary/aromatic N) is 3. The van der Waals surface area contributed by atoms with E-state index in [0.29, 0.717) is 5.54 Å². The van der Waals surface area contributed by atoms with Gasteiger partial charge in [0.25, 0.3) is 0 Å². The molecule has 4 N–H and O–H groups in total. The fraction of sp³-hybridized carbons (Fsp3) is 0.824. The summed E-state index contributed by atoms with van der Waals surface area (Å²) in [5.41, 5.74) is 5.60. The van der Waals surface area contributed by atoms with Crippen LogP contribution in [0.5, 0.6) is 0 Å². The van der Waals surface area contributed by atoms with E-state index >= 15 is 0 Å². The standard InChI is InChI=1S/C17H30N4O4Si/c1-3-26(4-2,12-7-5-6-8-12)17(9-13(23)14(10-22)25-17)21-11-19-15(18)20-16(21)24/h11-14,22-23H,3-10H2,1-2H3,(H2,18,20,24)/t13-,14+,17-/m0/s1. The molecule has 0 bridgehead atoms. The molecule has 1 aliphatic carbocycles. The number of ether oxygens (including phenoxy) is 1. The summed E-state index contributed by atoms with van der Waals surface area (Å²) in [6, 6.07) is 1.85. The van der Waals surface area contributed by atoms with Crippen molar-refractivity contribution in [1.82, 2.24) is 14.5 Å². The quantitative estimate of drug-likeness (QED) is 0.627. The molecule has 2 fully saturated rings. The van der Waals surface area contributed by atoms with Crippen LogP contribution < -0.4 is 11.4 Å². The second-order valence-electron chi connectivity index (χ2n) is 7.61. The minimum Gasteiger partial charge on any atom is -0.394 e. The highest BCUT2D eigenvalue weighted by atomic mass is 28.3. The highest BCUT2D eigenvalue weighted by Gasteiger charge is 2.63. The highest BCUT2D eigenvalue weighted by molar-refractivity contribution is 6.82. The molecule has 0 amide bonds. The van der Waals surface area contributed by atoms with Crippen LogP contribution in [0.4, 0.5) is 5.95 Å². The van der Waals surface area contributed by atoms with E-state index in [2.05, 4.69) is 23.8 Å². The average molecular weight is 383 g/mol. The Morgan fingerprint density at radius 2 is 2.04 bits per heavy atom. The van der Waals surface area contributed by atoms with Crippen LogP contribution in [0.2, 0.25) is 17.6 Å². The molecule has 3 atom stereocenters. The molecule has 0 radical (unpaired) electrons. The number of aliphatic hydroxyl groups excluding tert-OH is 2. The van der Waals surface area contributed by atoms with Crippen LogP contribution in [0.1, 0.15) is 46.0 Å². The predicted octanol–water partition coefficient (Wildman–Crippen LogP) is 0.987. The molecule has 1 aromatic rings. The molecule has 1 saturated carbocycles. The van der Waals surface area contributed by atoms with Gasteiger partial charge in [0.2, 0.25) is 5.95 Å². The normalized spacial score (nSPS) is 30.2. The van der Waals surface area contributed by atoms with Crippen molar-refractivity contribution in [3.63, 3.8) is 0 Å². The van der Waals surface area contributed by atoms with Gasteiger partial charge in [0.05, 0.1) is 12.7 Å². The van der Waals surface area contributed by atoms with Gasteiger partial charge in [-0.2, -0.15) is 4.98 Å². The van der Waals surface area contributed by atoms with Gasteiger partial charge in [-0.25, -0.2) is 9.78 Å². The Hall–Kier alpha value is -1.29. The molecule has 1 aliphatic heterocycles. The Balaban J connectivity index is 2.21. The van der Waals surface area contributed by atoms with E-state index in [9.17, 15) is 15.0 Å². The molecule has 26 heavy (non-hydrogen) atoms. The molecule has 0 unspecified atom stereocenters. The lowest BCUT2D eigenvalue weighted by atomic mass is 10.2. The Morgan fingerprint density at radius 3 is 2.54 bits per heavy atom. The fourth-order valence-corrected chi connectivity index (χ4v) is 12.0. The lowest BCUT2D eigenvalue weighted by Crippen LogP contribution is -2.64. The van der Waals surface area contributed by atoms with Gasteiger partial charge >= 0.3 is 5.69 Å². The van der Waals surface area contributed by atoms with Crippen molar-refractivity contribution < 1.29 is 14.9 Å². The number of aliphatic hydroxyl groups is 2. The average Bonchev–Trinajstić information content (AvgIpc) is 3.26. The number of nitrogens with two attached hydrogens (primary N) is 1. The summed E-state index contributed by atoms with van der Waals surface area (Å²) in [5.74, 6) is -0.0696. The molecule has 2 aliphatic rings. The first-order valence-corrected chi connectivity index (χ1v) is 12.1. The van der Waals surface area contributed by atoms with Crippen molar-refractivity contribution in [3.8, 4) is 0 Å². The molecule has 1 aromatic heterocycles. The summed E-state index contributed by atoms with van der Waals surface area (Å²) >= 11 is 0. The molecule has 1 saturated heterocycles. The SMILES string of the molecule is CC[Si](CC)(C1CCCC1)[C@]1(n2cnc(N)nc2=O)C[C@H](O)[C@@H](CO)O1. The maximum absolute atomic E-state index is 12.8. The highest BCUT2D eigenvalue weighted by Crippen LogP contribution is 2.54. The van der Waals surface area contributed by atoms with Gasteiger partial charge < -0.3 is 20.7 Å². The second-order valence-corrected chi connectivity index (χ2v) is 12.9. The molecule has 2 heterocycles. The first-order chi connectivity index (χ1) is 12.4. The van der Waals surface area contributed by atoms with Crippen LogP contribution in [-0.2, 0) is 10.1 Å². The smallest absolute Gasteiger partial charge is 0.354 e. The lowest BCUT2D eigenvalue weighted by molar-refractivity contribution is -0.0783. The van der Waals surface area contributed by atoms with E-state index in [-0.39, 0.29) is 19.0 Å². The zero-order valence-corrected chi connectivity index (χ0v) is 16.6. The largest absolute Gasteiger partial charge is 0.394 e. The van der Waals surface area contributed by atoms with Crippen LogP contribution in [0, 0.1) is 0 Å². The van der Waals surface area contributed by atoms with E-state index < -0.39 is 31.3 Å². The van der Waals surface area contributed by atoms with Crippen molar-refractivity contribution >= 4 is 14.0 Å². The van der Waals surface area contributed by atoms with Crippen molar-refractivity contribution in [2.75, 3.05) is 12.3 Å². The van der Waals surface area contributed by atoms with Gasteiger partial charge in [-0.1, -0.05) is 51.6 Å². The monoisotopic (exact) mass is 382 g/mol. The van der Waals surface area contributed by atoms with Crippen LogP contribution in [0.25, 0.3) is 0 Å². The lowest BCUT2D eigenvalue weighted by Gasteiger charge is -2.50. The van der Waals surface area contributed by atoms with Crippen LogP contribution in [-0.4, -0.2) is 51.6 Å². The molecule has 9 heteroatoms. The molecular formula is C17H30N4O4Si. The fourth-order valence-electron chi connectivity index (χ4n) is 5.44. The minimum absolute atomic E-state index is 0.0696. The summed E-state index contributed by atoms with van der Waals surface area (Å²) in [7, 11) is -2.27. The van der Waals surface area contributed by atoms with E-state index in [1.165, 1.54) is 23.7 Å². The predicted molar refractivity (Wildman–Crippen MR) is 100 cm³/mol. The van der Waals surface area contributed by atoms with E-state index in [1.54, 1.807) is 0 Å². The maximum Gasteiger partial charge on any atom is 0.354 e. The van der Waals surface area contributed by atoms with Crippen molar-refractivity contribution in [1.29, 1.82) is 0 Å². The molecule has 0 spiro atoms. The van der Waals surface area contributed by atoms with Crippen molar-refractivity contribution in [2.45, 2.75) is 81.1 Å². The Bertz CT molecular complexity index is 690. The third-order valence-corrected chi connectivity index (χ3v) is 13.5. The number of aromatic nitrogens is 3. The first kappa shape index (κ1) is 19.5. The van der Waals surface area contributed by atoms with E-state index in [4.69, 9.17) is 10.5 Å². The van der Waals surface area contributed by atoms with Gasteiger partial charge in [-0.3, -0.25) is 4.57 Å². The summed E-state index contributed by atoms with van der Waals surface area (Å²) in [4.78, 5) is 20.6. The summed E-state index contributed by atoms with van der Waals surface area (Å²) in [5, 5.41) is 19.3. The van der Waals surface area contributed by atoms with E-state index in [1.807, 2.05) is 0 Å². The van der Waals surface area contributed by atoms with Crippen LogP contribution in [0.3, 0.4) is 0 Å². The van der Waals surface area contributed by atoms with Crippen LogP contribution in [0.15, 0.2) is 11.1 Å². The zero-order chi connectivity index (χ0) is 18.9. The molecular weight excluding hydrogens is 352 g/mol. The number of hydrogen-bond donors (Lipinski definition) is 3. The number of nitrogen functional groups attached to an aromatic ring is 1. The summed E-state index contributed by atoms with van der Waals surface area (Å²) in [6.45, 7) is 4.05. The Kier molecular flexibility index (Phi) is 5.52. The molecule has 8 nitrogen and oxygen atoms in total. The second kappa shape index (κ2) is 7.38. The van der Waals surface area contributed by atoms with Crippen LogP contribution >= 0.6 is 0 Å². The maximum atomic E-state index is 12.8. The van der Waals surface area contributed by atoms with Gasteiger partial charge in [-0.05, 0) is 5.54 Å². The van der Waals surface area contributed by atoms with E-state index in [0.717, 1.165) is 24.9 Å². The Labute approximate surface area is 154 Å². The van der Waals surface area contributed by atoms with Gasteiger partial charge in [-0.15, -0.1) is 0 Å². The third kappa shape index (κ3) is 2.81. The molecule has 3 rings (SSSR count). The zero-order valence-electron chi connectivity index (χ0n) is 15.6.